The molecule has 0 aliphatic heterocycles. The van der Waals surface area contributed by atoms with E-state index in [0.717, 1.165) is 0 Å². The van der Waals surface area contributed by atoms with Gasteiger partial charge >= 0.3 is 0 Å². The van der Waals surface area contributed by atoms with E-state index in [4.69, 9.17) is 10.5 Å². The van der Waals surface area contributed by atoms with E-state index in [1.54, 1.807) is 24.3 Å². The van der Waals surface area contributed by atoms with Gasteiger partial charge < -0.3 is 21.1 Å². The van der Waals surface area contributed by atoms with Crippen molar-refractivity contribution in [3.63, 3.8) is 0 Å². The van der Waals surface area contributed by atoms with Crippen molar-refractivity contribution in [1.29, 1.82) is 0 Å². The lowest BCUT2D eigenvalue weighted by Crippen LogP contribution is -2.40. The van der Waals surface area contributed by atoms with Gasteiger partial charge in [-0.25, -0.2) is 0 Å². The van der Waals surface area contributed by atoms with Gasteiger partial charge in [0, 0.05) is 23.3 Å². The van der Waals surface area contributed by atoms with Crippen LogP contribution in [0.15, 0.2) is 24.3 Å². The van der Waals surface area contributed by atoms with Crippen LogP contribution in [0.2, 0.25) is 0 Å². The van der Waals surface area contributed by atoms with Crippen molar-refractivity contribution in [2.75, 3.05) is 25.1 Å². The molecule has 0 saturated carbocycles. The Morgan fingerprint density at radius 3 is 2.33 bits per heavy atom. The predicted molar refractivity (Wildman–Crippen MR) is 82.2 cm³/mol. The molecule has 4 N–H and O–H groups in total. The van der Waals surface area contributed by atoms with E-state index in [2.05, 4.69) is 10.6 Å². The number of anilines is 1. The number of hydrogen-bond donors (Lipinski definition) is 3. The molecule has 0 atom stereocenters. The summed E-state index contributed by atoms with van der Waals surface area (Å²) in [6.45, 7) is 6.44. The van der Waals surface area contributed by atoms with Crippen LogP contribution < -0.4 is 16.4 Å². The third-order valence-electron chi connectivity index (χ3n) is 2.41. The first-order valence-corrected chi connectivity index (χ1v) is 6.82. The predicted octanol–water partition coefficient (Wildman–Crippen LogP) is 1.13. The molecular formula is C15H23N3O3. The Morgan fingerprint density at radius 2 is 1.81 bits per heavy atom. The number of rotatable bonds is 6. The van der Waals surface area contributed by atoms with Gasteiger partial charge in [0.15, 0.2) is 0 Å². The first-order valence-electron chi connectivity index (χ1n) is 6.82. The molecule has 0 fully saturated rings. The molecule has 1 aromatic rings. The van der Waals surface area contributed by atoms with Crippen LogP contribution in [-0.4, -0.2) is 37.1 Å². The number of carbonyl (C=O) groups is 2. The highest BCUT2D eigenvalue weighted by Gasteiger charge is 2.15. The lowest BCUT2D eigenvalue weighted by Gasteiger charge is -2.20. The van der Waals surface area contributed by atoms with Crippen molar-refractivity contribution in [2.45, 2.75) is 26.3 Å². The molecule has 0 aliphatic carbocycles. The minimum Gasteiger partial charge on any atom is -0.370 e. The van der Waals surface area contributed by atoms with Gasteiger partial charge in [-0.05, 0) is 45.0 Å². The molecule has 6 nitrogen and oxygen atoms in total. The molecular weight excluding hydrogens is 270 g/mol. The van der Waals surface area contributed by atoms with E-state index in [1.165, 1.54) is 0 Å². The van der Waals surface area contributed by atoms with Gasteiger partial charge in [0.1, 0.15) is 6.61 Å². The summed E-state index contributed by atoms with van der Waals surface area (Å²) in [5, 5.41) is 5.55. The van der Waals surface area contributed by atoms with Gasteiger partial charge in [0.05, 0.1) is 6.61 Å². The molecule has 0 radical (unpaired) electrons. The third-order valence-corrected chi connectivity index (χ3v) is 2.41. The molecule has 0 saturated heterocycles. The highest BCUT2D eigenvalue weighted by molar-refractivity contribution is 5.96. The molecule has 1 rings (SSSR count). The number of ether oxygens (including phenoxy) is 1. The van der Waals surface area contributed by atoms with E-state index in [1.807, 2.05) is 20.8 Å². The van der Waals surface area contributed by atoms with Crippen LogP contribution in [0.4, 0.5) is 5.69 Å². The van der Waals surface area contributed by atoms with Crippen molar-refractivity contribution < 1.29 is 14.3 Å². The van der Waals surface area contributed by atoms with Crippen LogP contribution in [-0.2, 0) is 9.53 Å². The number of carbonyl (C=O) groups excluding carboxylic acids is 2. The summed E-state index contributed by atoms with van der Waals surface area (Å²) in [6, 6.07) is 6.69. The summed E-state index contributed by atoms with van der Waals surface area (Å²) in [6.07, 6.45) is 0. The van der Waals surface area contributed by atoms with E-state index >= 15 is 0 Å². The van der Waals surface area contributed by atoms with Gasteiger partial charge in [-0.15, -0.1) is 0 Å². The van der Waals surface area contributed by atoms with Crippen LogP contribution in [0.1, 0.15) is 31.1 Å². The Kier molecular flexibility index (Phi) is 6.33. The summed E-state index contributed by atoms with van der Waals surface area (Å²) in [7, 11) is 0. The smallest absolute Gasteiger partial charge is 0.251 e. The fraction of sp³-hybridized carbons (Fsp3) is 0.467. The summed E-state index contributed by atoms with van der Waals surface area (Å²) >= 11 is 0. The molecule has 0 bridgehead atoms. The lowest BCUT2D eigenvalue weighted by atomic mass is 10.1. The average Bonchev–Trinajstić information content (AvgIpc) is 2.38. The Labute approximate surface area is 125 Å². The molecule has 2 amide bonds. The molecule has 0 heterocycles. The Balaban J connectivity index is 2.54. The van der Waals surface area contributed by atoms with Crippen LogP contribution in [0.25, 0.3) is 0 Å². The molecule has 116 valence electrons. The summed E-state index contributed by atoms with van der Waals surface area (Å²) < 4.78 is 5.03. The normalized spacial score (nSPS) is 11.0. The number of benzene rings is 1. The van der Waals surface area contributed by atoms with Crippen LogP contribution in [0, 0.1) is 0 Å². The second-order valence-corrected chi connectivity index (χ2v) is 5.67. The van der Waals surface area contributed by atoms with Crippen LogP contribution >= 0.6 is 0 Å². The van der Waals surface area contributed by atoms with Gasteiger partial charge in [-0.2, -0.15) is 0 Å². The second-order valence-electron chi connectivity index (χ2n) is 5.67. The topological polar surface area (TPSA) is 93.5 Å². The fourth-order valence-electron chi connectivity index (χ4n) is 1.56. The highest BCUT2D eigenvalue weighted by atomic mass is 16.5. The quantitative estimate of drug-likeness (QED) is 0.685. The van der Waals surface area contributed by atoms with Crippen LogP contribution in [0.3, 0.4) is 0 Å². The SMILES string of the molecule is CC(C)(C)NC(=O)c1ccc(NC(=O)COCCN)cc1. The number of hydrogen-bond acceptors (Lipinski definition) is 4. The van der Waals surface area contributed by atoms with Gasteiger partial charge in [-0.3, -0.25) is 9.59 Å². The maximum atomic E-state index is 11.9. The number of nitrogens with two attached hydrogens (primary N) is 1. The number of nitrogens with one attached hydrogen (secondary N) is 2. The van der Waals surface area contributed by atoms with Crippen molar-refractivity contribution in [2.24, 2.45) is 5.73 Å². The van der Waals surface area contributed by atoms with E-state index in [9.17, 15) is 9.59 Å². The molecule has 1 aromatic carbocycles. The highest BCUT2D eigenvalue weighted by Crippen LogP contribution is 2.11. The summed E-state index contributed by atoms with van der Waals surface area (Å²) in [5.74, 6) is -0.401. The van der Waals surface area contributed by atoms with Gasteiger partial charge in [0.2, 0.25) is 5.91 Å². The second kappa shape index (κ2) is 7.75. The molecule has 21 heavy (non-hydrogen) atoms. The minimum absolute atomic E-state index is 0.0382. The van der Waals surface area contributed by atoms with E-state index < -0.39 is 0 Å². The largest absolute Gasteiger partial charge is 0.370 e. The zero-order valence-corrected chi connectivity index (χ0v) is 12.7. The average molecular weight is 293 g/mol. The van der Waals surface area contributed by atoms with Crippen molar-refractivity contribution in [3.05, 3.63) is 29.8 Å². The molecule has 0 aromatic heterocycles. The van der Waals surface area contributed by atoms with E-state index in [-0.39, 0.29) is 24.0 Å². The Morgan fingerprint density at radius 1 is 1.19 bits per heavy atom. The fourth-order valence-corrected chi connectivity index (χ4v) is 1.56. The standard InChI is InChI=1S/C15H23N3O3/c1-15(2,3)18-14(20)11-4-6-12(7-5-11)17-13(19)10-21-9-8-16/h4-7H,8-10,16H2,1-3H3,(H,17,19)(H,18,20). The van der Waals surface area contributed by atoms with Crippen molar-refractivity contribution >= 4 is 17.5 Å². The number of amides is 2. The molecule has 0 aliphatic rings. The van der Waals surface area contributed by atoms with E-state index in [0.29, 0.717) is 24.4 Å². The monoisotopic (exact) mass is 293 g/mol. The first kappa shape index (κ1) is 17.1. The molecule has 0 unspecified atom stereocenters. The maximum absolute atomic E-state index is 11.9. The Bertz CT molecular complexity index is 478. The molecule has 0 spiro atoms. The minimum atomic E-state index is -0.287. The maximum Gasteiger partial charge on any atom is 0.251 e. The lowest BCUT2D eigenvalue weighted by molar-refractivity contribution is -0.120. The van der Waals surface area contributed by atoms with Crippen LogP contribution in [0.5, 0.6) is 0 Å². The van der Waals surface area contributed by atoms with Crippen molar-refractivity contribution in [1.82, 2.24) is 5.32 Å². The zero-order valence-electron chi connectivity index (χ0n) is 12.7. The Hall–Kier alpha value is -1.92. The van der Waals surface area contributed by atoms with Crippen molar-refractivity contribution in [3.8, 4) is 0 Å². The summed E-state index contributed by atoms with van der Waals surface area (Å²) in [5.41, 5.74) is 6.13. The van der Waals surface area contributed by atoms with Gasteiger partial charge in [0.25, 0.3) is 5.91 Å². The first-order chi connectivity index (χ1) is 9.81. The summed E-state index contributed by atoms with van der Waals surface area (Å²) in [4.78, 5) is 23.5. The van der Waals surface area contributed by atoms with Gasteiger partial charge in [-0.1, -0.05) is 0 Å². The molecule has 6 heteroatoms. The zero-order chi connectivity index (χ0) is 15.9. The third kappa shape index (κ3) is 6.87.